The van der Waals surface area contributed by atoms with Crippen molar-refractivity contribution in [3.05, 3.63) is 37.1 Å². The number of esters is 2. The van der Waals surface area contributed by atoms with Gasteiger partial charge in [-0.2, -0.15) is 0 Å². The van der Waals surface area contributed by atoms with E-state index < -0.39 is 107 Å². The van der Waals surface area contributed by atoms with Gasteiger partial charge in [-0.3, -0.25) is 0 Å². The molecule has 0 spiro atoms. The molecule has 0 amide bonds. The standard InChI is InChI=1S/C16H38O5Si4.C15H36O5Si4.C11H30O3Si4.3CH4/c1-15(2)16(17)18-13-12-14-25(19-22(3,4)5,20-23(6,7)8)21-24(9,10)11;1-11-15(16)17-13-12-14-24(18-21(2,3)4,19-22(5,6)7)20-23(8,9)10;1-11-18(12-15(2,3)4,13-16(5,6)7)14-17(8,9)10;;;/h1,12-14H2,2-11H3;11H,1,12-14H2,2-10H3;11H,1H2,2-10H3;3*1H4. The lowest BCUT2D eigenvalue weighted by molar-refractivity contribution is -0.139. The zero-order valence-corrected chi connectivity index (χ0v) is 60.3. The minimum Gasteiger partial charge on any atom is -0.463 e. The molecule has 0 aromatic carbocycles. The smallest absolute Gasteiger partial charge is 0.463 e. The Kier molecular flexibility index (Phi) is 37.6. The number of carbonyl (C=O) groups is 2. The van der Waals surface area contributed by atoms with E-state index in [1.54, 1.807) is 6.92 Å². The number of hydrogen-bond donors (Lipinski definition) is 0. The second-order valence-corrected chi connectivity index (χ2v) is 76.3. The molecule has 0 fully saturated rings. The van der Waals surface area contributed by atoms with Crippen LogP contribution in [0.1, 0.15) is 42.0 Å². The Balaban J connectivity index is -0.000000218. The molecule has 70 heavy (non-hydrogen) atoms. The molecule has 0 radical (unpaired) electrons. The van der Waals surface area contributed by atoms with Crippen molar-refractivity contribution in [2.45, 2.75) is 231 Å². The molecule has 0 heterocycles. The fourth-order valence-corrected chi connectivity index (χ4v) is 47.9. The van der Waals surface area contributed by atoms with Gasteiger partial charge in [0.05, 0.1) is 13.2 Å². The van der Waals surface area contributed by atoms with Crippen LogP contribution in [0, 0.1) is 0 Å². The Hall–Kier alpha value is 0.403. The van der Waals surface area contributed by atoms with Crippen LogP contribution in [0.2, 0.25) is 189 Å². The van der Waals surface area contributed by atoms with Crippen LogP contribution < -0.4 is 0 Å². The minimum absolute atomic E-state index is 0. The van der Waals surface area contributed by atoms with Gasteiger partial charge in [-0.15, -0.1) is 6.58 Å². The van der Waals surface area contributed by atoms with Crippen molar-refractivity contribution in [2.24, 2.45) is 0 Å². The number of hydrogen-bond acceptors (Lipinski definition) is 13. The minimum atomic E-state index is -2.83. The van der Waals surface area contributed by atoms with Crippen molar-refractivity contribution in [1.82, 2.24) is 0 Å². The Morgan fingerprint density at radius 2 is 0.600 bits per heavy atom. The fourth-order valence-electron chi connectivity index (χ4n) is 5.80. The van der Waals surface area contributed by atoms with Crippen molar-refractivity contribution in [3.8, 4) is 0 Å². The third-order valence-corrected chi connectivity index (χ3v) is 42.0. The van der Waals surface area contributed by atoms with E-state index in [-0.39, 0.29) is 28.2 Å². The van der Waals surface area contributed by atoms with Gasteiger partial charge in [0.25, 0.3) is 0 Å². The van der Waals surface area contributed by atoms with E-state index >= 15 is 0 Å². The predicted octanol–water partition coefficient (Wildman–Crippen LogP) is 15.7. The van der Waals surface area contributed by atoms with Gasteiger partial charge in [-0.1, -0.05) is 35.4 Å². The average Bonchev–Trinajstić information content (AvgIpc) is 2.97. The van der Waals surface area contributed by atoms with Gasteiger partial charge in [-0.25, -0.2) is 9.59 Å². The first kappa shape index (κ1) is 81.8. The summed E-state index contributed by atoms with van der Waals surface area (Å²) >= 11 is 0. The van der Waals surface area contributed by atoms with Crippen LogP contribution in [0.3, 0.4) is 0 Å². The summed E-state index contributed by atoms with van der Waals surface area (Å²) < 4.78 is 68.7. The van der Waals surface area contributed by atoms with Gasteiger partial charge < -0.3 is 46.5 Å². The van der Waals surface area contributed by atoms with Gasteiger partial charge in [-0.05, 0) is 202 Å². The molecule has 13 nitrogen and oxygen atoms in total. The normalized spacial score (nSPS) is 13.4. The molecule has 422 valence electrons. The summed E-state index contributed by atoms with van der Waals surface area (Å²) in [7, 11) is -24.7. The predicted molar refractivity (Wildman–Crippen MR) is 333 cm³/mol. The second-order valence-electron chi connectivity index (χ2n) is 25.6. The maximum absolute atomic E-state index is 11.6. The maximum atomic E-state index is 11.6. The highest BCUT2D eigenvalue weighted by atomic mass is 28.5. The van der Waals surface area contributed by atoms with E-state index in [1.807, 2.05) is 5.70 Å². The first-order valence-electron chi connectivity index (χ1n) is 23.8. The Bertz CT molecular complexity index is 1400. The molecular formula is C45H116O13Si12. The van der Waals surface area contributed by atoms with E-state index in [2.05, 4.69) is 197 Å². The summed E-state index contributed by atoms with van der Waals surface area (Å²) in [4.78, 5) is 22.8. The summed E-state index contributed by atoms with van der Waals surface area (Å²) in [5, 5.41) is 0. The molecule has 25 heteroatoms. The molecule has 0 aliphatic heterocycles. The maximum Gasteiger partial charge on any atom is 0.497 e. The van der Waals surface area contributed by atoms with Crippen LogP contribution in [0.15, 0.2) is 37.1 Å². The number of rotatable bonds is 29. The molecule has 0 saturated heterocycles. The number of ether oxygens (including phenoxy) is 2. The average molecular weight is 1200 g/mol. The largest absolute Gasteiger partial charge is 0.497 e. The topological polar surface area (TPSA) is 136 Å². The molecule has 0 atom stereocenters. The van der Waals surface area contributed by atoms with E-state index in [0.717, 1.165) is 0 Å². The molecule has 0 rings (SSSR count). The Morgan fingerprint density at radius 3 is 0.771 bits per heavy atom. The van der Waals surface area contributed by atoms with Gasteiger partial charge >= 0.3 is 38.4 Å². The lowest BCUT2D eigenvalue weighted by Crippen LogP contribution is -2.60. The summed E-state index contributed by atoms with van der Waals surface area (Å²) in [5.41, 5.74) is 2.24. The zero-order valence-electron chi connectivity index (χ0n) is 48.3. The van der Waals surface area contributed by atoms with Crippen LogP contribution in [0.4, 0.5) is 0 Å². The van der Waals surface area contributed by atoms with E-state index in [0.29, 0.717) is 43.7 Å². The molecular weight excluding hydrogens is 1090 g/mol. The summed E-state index contributed by atoms with van der Waals surface area (Å²) in [6, 6.07) is 1.35. The third-order valence-electron chi connectivity index (χ3n) is 6.61. The highest BCUT2D eigenvalue weighted by Crippen LogP contribution is 2.32. The first-order chi connectivity index (χ1) is 29.2. The summed E-state index contributed by atoms with van der Waals surface area (Å²) in [5.74, 6) is -0.749. The summed E-state index contributed by atoms with van der Waals surface area (Å²) in [6.45, 7) is 71.7. The molecule has 0 aromatic heterocycles. The summed E-state index contributed by atoms with van der Waals surface area (Å²) in [6.07, 6.45) is 2.52. The van der Waals surface area contributed by atoms with Crippen LogP contribution >= 0.6 is 0 Å². The lowest BCUT2D eigenvalue weighted by atomic mass is 10.4. The van der Waals surface area contributed by atoms with Crippen LogP contribution in [0.25, 0.3) is 0 Å². The van der Waals surface area contributed by atoms with Crippen LogP contribution in [0.5, 0.6) is 0 Å². The highest BCUT2D eigenvalue weighted by molar-refractivity contribution is 6.93. The Morgan fingerprint density at radius 1 is 0.386 bits per heavy atom. The van der Waals surface area contributed by atoms with Gasteiger partial charge in [0.2, 0.25) is 0 Å². The Labute approximate surface area is 447 Å². The molecule has 0 aliphatic rings. The van der Waals surface area contributed by atoms with E-state index in [9.17, 15) is 9.59 Å². The van der Waals surface area contributed by atoms with Crippen molar-refractivity contribution in [3.63, 3.8) is 0 Å². The molecule has 0 aromatic rings. The highest BCUT2D eigenvalue weighted by Gasteiger charge is 2.51. The van der Waals surface area contributed by atoms with Gasteiger partial charge in [0, 0.05) is 23.7 Å². The van der Waals surface area contributed by atoms with E-state index in [4.69, 9.17) is 46.5 Å². The monoisotopic (exact) mass is 1200 g/mol. The zero-order chi connectivity index (χ0) is 54.2. The van der Waals surface area contributed by atoms with Crippen LogP contribution in [-0.2, 0) is 56.1 Å². The van der Waals surface area contributed by atoms with Crippen molar-refractivity contribution in [2.75, 3.05) is 13.2 Å². The fraction of sp³-hybridized carbons (Fsp3) is 0.822. The van der Waals surface area contributed by atoms with Gasteiger partial charge in [0.1, 0.15) is 0 Å². The van der Waals surface area contributed by atoms with E-state index in [1.165, 1.54) is 6.08 Å². The third kappa shape index (κ3) is 49.3. The lowest BCUT2D eigenvalue weighted by Gasteiger charge is -2.43. The molecule has 0 bridgehead atoms. The SMILES string of the molecule is C.C.C.C=C(C)C(=O)OCCC[Si](O[Si](C)(C)C)(O[Si](C)(C)C)O[Si](C)(C)C.C=CC(=O)OCCC[Si](O[Si](C)(C)C)(O[Si](C)(C)C)O[Si](C)(C)C.C=C[Si](O[Si](C)(C)C)(O[Si](C)(C)C)O[Si](C)(C)C. The van der Waals surface area contributed by atoms with Gasteiger partial charge in [0.15, 0.2) is 74.9 Å². The van der Waals surface area contributed by atoms with Crippen LogP contribution in [-0.4, -0.2) is 126 Å². The molecule has 0 aliphatic carbocycles. The first-order valence-corrected chi connectivity index (χ1v) is 60.1. The molecule has 0 saturated carbocycles. The van der Waals surface area contributed by atoms with Crippen molar-refractivity contribution < 1.29 is 56.1 Å². The molecule has 0 unspecified atom stereocenters. The number of carbonyl (C=O) groups excluding carboxylic acids is 2. The van der Waals surface area contributed by atoms with Crippen molar-refractivity contribution in [1.29, 1.82) is 0 Å². The molecule has 0 N–H and O–H groups in total. The van der Waals surface area contributed by atoms with Crippen molar-refractivity contribution >= 4 is 113 Å². The quantitative estimate of drug-likeness (QED) is 0.0304. The second kappa shape index (κ2) is 32.2.